The first-order chi connectivity index (χ1) is 17.2. The number of ether oxygens (including phenoxy) is 3. The van der Waals surface area contributed by atoms with E-state index < -0.39 is 0 Å². The van der Waals surface area contributed by atoms with Crippen LogP contribution in [0.2, 0.25) is 5.02 Å². The molecule has 0 fully saturated rings. The van der Waals surface area contributed by atoms with E-state index in [9.17, 15) is 0 Å². The Morgan fingerprint density at radius 1 is 1.22 bits per heavy atom. The zero-order chi connectivity index (χ0) is 26.7. The Balaban J connectivity index is 2.39. The maximum absolute atomic E-state index is 5.93. The van der Waals surface area contributed by atoms with Crippen LogP contribution < -0.4 is 4.72 Å². The molecule has 0 aromatic carbocycles. The van der Waals surface area contributed by atoms with Gasteiger partial charge >= 0.3 is 0 Å². The highest BCUT2D eigenvalue weighted by Crippen LogP contribution is 2.29. The first-order valence-corrected chi connectivity index (χ1v) is 12.6. The number of hydrogen-bond donors (Lipinski definition) is 1. The summed E-state index contributed by atoms with van der Waals surface area (Å²) in [4.78, 5) is 16.9. The molecule has 0 saturated heterocycles. The van der Waals surface area contributed by atoms with Crippen molar-refractivity contribution >= 4 is 47.4 Å². The number of aliphatic imine (C=N–C) groups is 2. The van der Waals surface area contributed by atoms with Gasteiger partial charge in [-0.3, -0.25) is 14.3 Å². The molecule has 0 radical (unpaired) electrons. The molecule has 0 aliphatic carbocycles. The summed E-state index contributed by atoms with van der Waals surface area (Å²) in [5.41, 5.74) is 0.180. The van der Waals surface area contributed by atoms with Crippen LogP contribution in [0, 0.1) is 0 Å². The lowest BCUT2D eigenvalue weighted by Gasteiger charge is -2.23. The van der Waals surface area contributed by atoms with Crippen LogP contribution >= 0.6 is 23.5 Å². The molecule has 198 valence electrons. The average Bonchev–Trinajstić information content (AvgIpc) is 3.28. The summed E-state index contributed by atoms with van der Waals surface area (Å²) < 4.78 is 21.7. The van der Waals surface area contributed by atoms with Gasteiger partial charge in [0.2, 0.25) is 11.8 Å². The number of rotatable bonds is 13. The number of methoxy groups -OCH3 is 3. The van der Waals surface area contributed by atoms with Crippen LogP contribution in [-0.4, -0.2) is 76.2 Å². The fourth-order valence-corrected chi connectivity index (χ4v) is 3.82. The number of aryl methyl sites for hydroxylation is 1. The van der Waals surface area contributed by atoms with Gasteiger partial charge in [0.05, 0.1) is 24.8 Å². The Kier molecular flexibility index (Phi) is 11.6. The first kappa shape index (κ1) is 29.5. The molecule has 36 heavy (non-hydrogen) atoms. The van der Waals surface area contributed by atoms with Gasteiger partial charge in [-0.05, 0) is 32.2 Å². The number of aromatic nitrogens is 5. The van der Waals surface area contributed by atoms with E-state index in [2.05, 4.69) is 48.7 Å². The molecule has 0 spiro atoms. The van der Waals surface area contributed by atoms with Crippen molar-refractivity contribution in [2.45, 2.75) is 57.3 Å². The highest BCUT2D eigenvalue weighted by atomic mass is 35.5. The maximum atomic E-state index is 5.93. The third-order valence-electron chi connectivity index (χ3n) is 5.49. The molecule has 0 aliphatic rings. The molecular weight excluding hydrogens is 504 g/mol. The minimum absolute atomic E-state index is 0.0453. The van der Waals surface area contributed by atoms with Crippen molar-refractivity contribution in [3.63, 3.8) is 0 Å². The van der Waals surface area contributed by atoms with Gasteiger partial charge in [0.1, 0.15) is 29.9 Å². The zero-order valence-electron chi connectivity index (χ0n) is 22.0. The van der Waals surface area contributed by atoms with Crippen molar-refractivity contribution in [2.24, 2.45) is 9.98 Å². The lowest BCUT2D eigenvalue weighted by Crippen LogP contribution is -2.24. The number of anilines is 1. The molecule has 2 heterocycles. The Morgan fingerprint density at radius 2 is 1.92 bits per heavy atom. The highest BCUT2D eigenvalue weighted by molar-refractivity contribution is 8.01. The standard InChI is InChI=1S/C23H35ClN8O3S/c1-15(20-26-11-17(24)12-27-20)16(2)36-31-22-30-29-19(9-10-23(3,4)35-8)32(22)18(13-33-6)21(34-7)28-14-25-5/h11-16H,9-10H2,1-8H3,(H,30,31)/b18-13-,25-14-,28-21+. The molecule has 2 rings (SSSR count). The summed E-state index contributed by atoms with van der Waals surface area (Å²) in [6.07, 6.45) is 7.43. The van der Waals surface area contributed by atoms with Crippen LogP contribution in [-0.2, 0) is 20.6 Å². The summed E-state index contributed by atoms with van der Waals surface area (Å²) >= 11 is 7.41. The first-order valence-electron chi connectivity index (χ1n) is 11.3. The second kappa shape index (κ2) is 14.1. The number of nitrogens with zero attached hydrogens (tertiary/aromatic N) is 7. The average molecular weight is 539 g/mol. The molecule has 1 N–H and O–H groups in total. The van der Waals surface area contributed by atoms with Gasteiger partial charge in [-0.2, -0.15) is 0 Å². The lowest BCUT2D eigenvalue weighted by atomic mass is 10.0. The van der Waals surface area contributed by atoms with Gasteiger partial charge in [-0.1, -0.05) is 25.4 Å². The van der Waals surface area contributed by atoms with E-state index in [-0.39, 0.29) is 16.8 Å². The third-order valence-corrected chi connectivity index (χ3v) is 6.77. The minimum Gasteiger partial charge on any atom is -0.502 e. The van der Waals surface area contributed by atoms with Gasteiger partial charge in [0.25, 0.3) is 0 Å². The number of nitrogens with one attached hydrogen (secondary N) is 1. The maximum Gasteiger partial charge on any atom is 0.242 e. The predicted molar refractivity (Wildman–Crippen MR) is 146 cm³/mol. The molecule has 2 unspecified atom stereocenters. The molecule has 11 nitrogen and oxygen atoms in total. The van der Waals surface area contributed by atoms with Gasteiger partial charge < -0.3 is 14.2 Å². The minimum atomic E-state index is -0.334. The van der Waals surface area contributed by atoms with E-state index in [0.29, 0.717) is 47.1 Å². The van der Waals surface area contributed by atoms with E-state index in [0.717, 1.165) is 0 Å². The van der Waals surface area contributed by atoms with Crippen molar-refractivity contribution in [3.05, 3.63) is 35.3 Å². The predicted octanol–water partition coefficient (Wildman–Crippen LogP) is 4.48. The highest BCUT2D eigenvalue weighted by Gasteiger charge is 2.25. The molecule has 0 aliphatic heterocycles. The monoisotopic (exact) mass is 538 g/mol. The second-order valence-electron chi connectivity index (χ2n) is 8.46. The van der Waals surface area contributed by atoms with E-state index in [1.165, 1.54) is 31.7 Å². The fourth-order valence-electron chi connectivity index (χ4n) is 2.97. The molecule has 2 atom stereocenters. The van der Waals surface area contributed by atoms with Crippen molar-refractivity contribution in [1.29, 1.82) is 0 Å². The number of hydrogen-bond acceptors (Lipinski definition) is 10. The summed E-state index contributed by atoms with van der Waals surface area (Å²) in [5, 5.41) is 9.45. The van der Waals surface area contributed by atoms with Crippen molar-refractivity contribution in [1.82, 2.24) is 24.7 Å². The van der Waals surface area contributed by atoms with Crippen LogP contribution in [0.1, 0.15) is 51.7 Å². The smallest absolute Gasteiger partial charge is 0.242 e. The van der Waals surface area contributed by atoms with Crippen LogP contribution in [0.4, 0.5) is 5.95 Å². The van der Waals surface area contributed by atoms with E-state index in [4.69, 9.17) is 25.8 Å². The summed E-state index contributed by atoms with van der Waals surface area (Å²) in [5.74, 6) is 2.22. The van der Waals surface area contributed by atoms with E-state index in [1.54, 1.807) is 33.7 Å². The van der Waals surface area contributed by atoms with Crippen LogP contribution in [0.15, 0.2) is 28.6 Å². The largest absolute Gasteiger partial charge is 0.502 e. The Bertz CT molecular complexity index is 1060. The molecular formula is C23H35ClN8O3S. The van der Waals surface area contributed by atoms with Crippen molar-refractivity contribution in [3.8, 4) is 0 Å². The SMILES string of the molecule is C\N=C/N=C(OC)\C(=C\OC)n1c(CCC(C)(C)OC)nnc1NSC(C)C(C)c1ncc(Cl)cn1. The third kappa shape index (κ3) is 8.17. The molecule has 13 heteroatoms. The topological polar surface area (TPSA) is 121 Å². The zero-order valence-corrected chi connectivity index (χ0v) is 23.6. The molecule has 2 aromatic rings. The Morgan fingerprint density at radius 3 is 2.50 bits per heavy atom. The normalized spacial score (nSPS) is 14.7. The summed E-state index contributed by atoms with van der Waals surface area (Å²) in [6, 6.07) is 0. The Hall–Kier alpha value is -2.70. The molecule has 0 bridgehead atoms. The van der Waals surface area contributed by atoms with Gasteiger partial charge in [-0.25, -0.2) is 15.0 Å². The van der Waals surface area contributed by atoms with Crippen LogP contribution in [0.5, 0.6) is 0 Å². The van der Waals surface area contributed by atoms with Gasteiger partial charge in [0, 0.05) is 44.1 Å². The molecule has 0 amide bonds. The second-order valence-corrected chi connectivity index (χ2v) is 10.1. The molecule has 0 saturated carbocycles. The van der Waals surface area contributed by atoms with Crippen LogP contribution in [0.3, 0.4) is 0 Å². The Labute approximate surface area is 222 Å². The van der Waals surface area contributed by atoms with E-state index >= 15 is 0 Å². The quantitative estimate of drug-likeness (QED) is 0.170. The van der Waals surface area contributed by atoms with Crippen LogP contribution in [0.25, 0.3) is 5.70 Å². The summed E-state index contributed by atoms with van der Waals surface area (Å²) in [7, 11) is 6.40. The van der Waals surface area contributed by atoms with Gasteiger partial charge in [-0.15, -0.1) is 10.2 Å². The van der Waals surface area contributed by atoms with Crippen molar-refractivity contribution in [2.75, 3.05) is 33.1 Å². The van der Waals surface area contributed by atoms with Gasteiger partial charge in [0.15, 0.2) is 0 Å². The summed E-state index contributed by atoms with van der Waals surface area (Å²) in [6.45, 7) is 8.18. The number of halogens is 1. The molecule has 2 aromatic heterocycles. The van der Waals surface area contributed by atoms with E-state index in [1.807, 2.05) is 18.4 Å². The lowest BCUT2D eigenvalue weighted by molar-refractivity contribution is 0.0153. The van der Waals surface area contributed by atoms with Crippen molar-refractivity contribution < 1.29 is 14.2 Å². The fraction of sp³-hybridized carbons (Fsp3) is 0.565.